The molecule has 3 nitrogen and oxygen atoms in total. The maximum Gasteiger partial charge on any atom is 0.0518 e. The lowest BCUT2D eigenvalue weighted by Gasteiger charge is -2.03. The zero-order chi connectivity index (χ0) is 10.9. The van der Waals surface area contributed by atoms with E-state index >= 15 is 0 Å². The molecule has 0 unspecified atom stereocenters. The summed E-state index contributed by atoms with van der Waals surface area (Å²) in [6.07, 6.45) is 9.05. The molecule has 0 atom stereocenters. The summed E-state index contributed by atoms with van der Waals surface area (Å²) in [5.41, 5.74) is 1.25. The standard InChI is InChI=1S/C12H23N3/c1-3-7-13-8-5-4-6-9-15-11-12(2)10-14-15/h10-11,13H,3-9H2,1-2H3. The first-order valence-corrected chi connectivity index (χ1v) is 6.02. The molecule has 0 aliphatic carbocycles. The lowest BCUT2D eigenvalue weighted by Crippen LogP contribution is -2.15. The second-order valence-electron chi connectivity index (χ2n) is 4.09. The van der Waals surface area contributed by atoms with Crippen molar-refractivity contribution in [2.75, 3.05) is 13.1 Å². The maximum atomic E-state index is 4.26. The number of unbranched alkanes of at least 4 members (excludes halogenated alkanes) is 2. The molecule has 0 amide bonds. The Morgan fingerprint density at radius 2 is 2.13 bits per heavy atom. The number of aromatic nitrogens is 2. The minimum absolute atomic E-state index is 1.06. The third-order valence-electron chi connectivity index (χ3n) is 2.43. The molecule has 0 aliphatic rings. The summed E-state index contributed by atoms with van der Waals surface area (Å²) in [5, 5.41) is 7.68. The van der Waals surface area contributed by atoms with Crippen molar-refractivity contribution in [3.8, 4) is 0 Å². The molecule has 0 bridgehead atoms. The minimum atomic E-state index is 1.06. The van der Waals surface area contributed by atoms with Crippen molar-refractivity contribution in [2.24, 2.45) is 0 Å². The molecule has 0 radical (unpaired) electrons. The van der Waals surface area contributed by atoms with E-state index in [-0.39, 0.29) is 0 Å². The molecule has 0 aromatic carbocycles. The summed E-state index contributed by atoms with van der Waals surface area (Å²) in [5.74, 6) is 0. The van der Waals surface area contributed by atoms with Crippen LogP contribution in [0.15, 0.2) is 12.4 Å². The Labute approximate surface area is 92.9 Å². The Morgan fingerprint density at radius 1 is 1.27 bits per heavy atom. The number of hydrogen-bond donors (Lipinski definition) is 1. The van der Waals surface area contributed by atoms with Gasteiger partial charge in [-0.2, -0.15) is 5.10 Å². The molecular formula is C12H23N3. The number of nitrogens with zero attached hydrogens (tertiary/aromatic N) is 2. The van der Waals surface area contributed by atoms with Crippen LogP contribution in [0.1, 0.15) is 38.2 Å². The highest BCUT2D eigenvalue weighted by molar-refractivity contribution is 4.99. The molecule has 15 heavy (non-hydrogen) atoms. The van der Waals surface area contributed by atoms with Crippen LogP contribution in [-0.4, -0.2) is 22.9 Å². The molecule has 0 fully saturated rings. The second kappa shape index (κ2) is 7.46. The van der Waals surface area contributed by atoms with Gasteiger partial charge in [-0.15, -0.1) is 0 Å². The molecule has 0 saturated heterocycles. The van der Waals surface area contributed by atoms with Crippen molar-refractivity contribution in [2.45, 2.75) is 46.1 Å². The van der Waals surface area contributed by atoms with Crippen LogP contribution in [0.2, 0.25) is 0 Å². The second-order valence-corrected chi connectivity index (χ2v) is 4.09. The number of aryl methyl sites for hydroxylation is 2. The van der Waals surface area contributed by atoms with Gasteiger partial charge in [0.2, 0.25) is 0 Å². The highest BCUT2D eigenvalue weighted by atomic mass is 15.3. The molecule has 3 heteroatoms. The van der Waals surface area contributed by atoms with Crippen molar-refractivity contribution in [1.29, 1.82) is 0 Å². The van der Waals surface area contributed by atoms with Gasteiger partial charge in [-0.25, -0.2) is 0 Å². The summed E-state index contributed by atoms with van der Waals surface area (Å²) in [4.78, 5) is 0. The van der Waals surface area contributed by atoms with Crippen LogP contribution in [0, 0.1) is 6.92 Å². The van der Waals surface area contributed by atoms with Gasteiger partial charge < -0.3 is 5.32 Å². The zero-order valence-electron chi connectivity index (χ0n) is 10.00. The Morgan fingerprint density at radius 3 is 2.80 bits per heavy atom. The largest absolute Gasteiger partial charge is 0.317 e. The minimum Gasteiger partial charge on any atom is -0.317 e. The van der Waals surface area contributed by atoms with Crippen LogP contribution in [-0.2, 0) is 6.54 Å². The summed E-state index contributed by atoms with van der Waals surface area (Å²) < 4.78 is 2.04. The van der Waals surface area contributed by atoms with Gasteiger partial charge in [0.25, 0.3) is 0 Å². The highest BCUT2D eigenvalue weighted by Gasteiger charge is 1.94. The fourth-order valence-corrected chi connectivity index (χ4v) is 1.59. The van der Waals surface area contributed by atoms with E-state index in [1.54, 1.807) is 0 Å². The van der Waals surface area contributed by atoms with E-state index in [2.05, 4.69) is 30.5 Å². The predicted octanol–water partition coefficient (Wildman–Crippen LogP) is 2.36. The van der Waals surface area contributed by atoms with Crippen LogP contribution >= 0.6 is 0 Å². The van der Waals surface area contributed by atoms with E-state index in [1.807, 2.05) is 10.9 Å². The summed E-state index contributed by atoms with van der Waals surface area (Å²) >= 11 is 0. The lowest BCUT2D eigenvalue weighted by molar-refractivity contribution is 0.528. The van der Waals surface area contributed by atoms with Gasteiger partial charge in [0, 0.05) is 12.7 Å². The molecule has 0 aliphatic heterocycles. The molecular weight excluding hydrogens is 186 g/mol. The highest BCUT2D eigenvalue weighted by Crippen LogP contribution is 2.00. The fourth-order valence-electron chi connectivity index (χ4n) is 1.59. The molecule has 0 saturated carbocycles. The van der Waals surface area contributed by atoms with Crippen LogP contribution in [0.3, 0.4) is 0 Å². The van der Waals surface area contributed by atoms with Crippen LogP contribution in [0.5, 0.6) is 0 Å². The van der Waals surface area contributed by atoms with Crippen LogP contribution < -0.4 is 5.32 Å². The van der Waals surface area contributed by atoms with Gasteiger partial charge in [-0.05, 0) is 44.8 Å². The normalized spacial score (nSPS) is 10.8. The van der Waals surface area contributed by atoms with E-state index in [0.717, 1.165) is 19.6 Å². The van der Waals surface area contributed by atoms with E-state index < -0.39 is 0 Å². The third kappa shape index (κ3) is 5.57. The van der Waals surface area contributed by atoms with Gasteiger partial charge in [-0.3, -0.25) is 4.68 Å². The van der Waals surface area contributed by atoms with Gasteiger partial charge in [0.05, 0.1) is 6.20 Å². The molecule has 1 aromatic heterocycles. The van der Waals surface area contributed by atoms with Crippen molar-refractivity contribution in [1.82, 2.24) is 15.1 Å². The molecule has 1 rings (SSSR count). The van der Waals surface area contributed by atoms with Crippen LogP contribution in [0.4, 0.5) is 0 Å². The Bertz CT molecular complexity index is 255. The van der Waals surface area contributed by atoms with Gasteiger partial charge in [-0.1, -0.05) is 13.3 Å². The number of nitrogens with one attached hydrogen (secondary N) is 1. The molecule has 86 valence electrons. The first-order valence-electron chi connectivity index (χ1n) is 6.02. The molecule has 1 N–H and O–H groups in total. The average molecular weight is 209 g/mol. The summed E-state index contributed by atoms with van der Waals surface area (Å²) in [6, 6.07) is 0. The smallest absolute Gasteiger partial charge is 0.0518 e. The average Bonchev–Trinajstić information content (AvgIpc) is 2.63. The van der Waals surface area contributed by atoms with Crippen molar-refractivity contribution >= 4 is 0 Å². The van der Waals surface area contributed by atoms with Gasteiger partial charge in [0.15, 0.2) is 0 Å². The molecule has 1 heterocycles. The van der Waals surface area contributed by atoms with E-state index in [9.17, 15) is 0 Å². The Kier molecular flexibility index (Phi) is 6.09. The third-order valence-corrected chi connectivity index (χ3v) is 2.43. The quantitative estimate of drug-likeness (QED) is 0.666. The fraction of sp³-hybridized carbons (Fsp3) is 0.750. The van der Waals surface area contributed by atoms with E-state index in [1.165, 1.54) is 31.2 Å². The van der Waals surface area contributed by atoms with E-state index in [4.69, 9.17) is 0 Å². The maximum absolute atomic E-state index is 4.26. The topological polar surface area (TPSA) is 29.9 Å². The van der Waals surface area contributed by atoms with Crippen molar-refractivity contribution in [3.63, 3.8) is 0 Å². The van der Waals surface area contributed by atoms with E-state index in [0.29, 0.717) is 0 Å². The summed E-state index contributed by atoms with van der Waals surface area (Å²) in [6.45, 7) is 7.65. The van der Waals surface area contributed by atoms with Gasteiger partial charge >= 0.3 is 0 Å². The molecule has 1 aromatic rings. The predicted molar refractivity (Wildman–Crippen MR) is 64.0 cm³/mol. The number of hydrogen-bond acceptors (Lipinski definition) is 2. The first kappa shape index (κ1) is 12.2. The number of rotatable bonds is 8. The van der Waals surface area contributed by atoms with Gasteiger partial charge in [0.1, 0.15) is 0 Å². The van der Waals surface area contributed by atoms with Crippen molar-refractivity contribution < 1.29 is 0 Å². The summed E-state index contributed by atoms with van der Waals surface area (Å²) in [7, 11) is 0. The molecule has 0 spiro atoms. The van der Waals surface area contributed by atoms with Crippen LogP contribution in [0.25, 0.3) is 0 Å². The first-order chi connectivity index (χ1) is 7.33. The Balaban J connectivity index is 1.93. The lowest BCUT2D eigenvalue weighted by atomic mass is 10.2. The zero-order valence-corrected chi connectivity index (χ0v) is 10.00. The van der Waals surface area contributed by atoms with Crippen molar-refractivity contribution in [3.05, 3.63) is 18.0 Å². The SMILES string of the molecule is CCCNCCCCCn1cc(C)cn1. The monoisotopic (exact) mass is 209 g/mol. The Hall–Kier alpha value is -0.830.